The molecule has 164 valence electrons. The molecular weight excluding hydrogens is 390 g/mol. The van der Waals surface area contributed by atoms with Crippen LogP contribution in [0.4, 0.5) is 10.5 Å². The molecule has 1 aromatic heterocycles. The summed E-state index contributed by atoms with van der Waals surface area (Å²) in [6.07, 6.45) is 11.1. The summed E-state index contributed by atoms with van der Waals surface area (Å²) in [5.74, 6) is 0.624. The highest BCUT2D eigenvalue weighted by molar-refractivity contribution is 7.17. The number of allylic oxidation sites excluding steroid dienone is 1. The smallest absolute Gasteiger partial charge is 0.319 e. The van der Waals surface area contributed by atoms with Gasteiger partial charge in [-0.2, -0.15) is 0 Å². The number of thiophene rings is 1. The molecule has 3 rings (SSSR count). The summed E-state index contributed by atoms with van der Waals surface area (Å²) in [6, 6.07) is 6.91. The number of hydrogen-bond donors (Lipinski definition) is 2. The number of nitrogens with zero attached hydrogens (tertiary/aromatic N) is 1. The number of anilines is 1. The number of amides is 2. The number of fused-ring (bicyclic) bond motifs is 1. The van der Waals surface area contributed by atoms with Crippen molar-refractivity contribution in [3.63, 3.8) is 0 Å². The molecule has 2 aromatic rings. The number of likely N-dealkylation sites (tertiary alicyclic amines) is 1. The molecule has 1 aliphatic heterocycles. The zero-order valence-corrected chi connectivity index (χ0v) is 19.6. The van der Waals surface area contributed by atoms with Crippen LogP contribution in [0.25, 0.3) is 10.1 Å². The SMILES string of the molecule is CCC=CCCNC(=O)Nc1ccc2scc(C3CCN(C(CC)CC)CC3)c2c1. The Morgan fingerprint density at radius 2 is 1.97 bits per heavy atom. The van der Waals surface area contributed by atoms with Gasteiger partial charge < -0.3 is 15.5 Å². The first-order valence-electron chi connectivity index (χ1n) is 11.6. The lowest BCUT2D eigenvalue weighted by atomic mass is 9.88. The van der Waals surface area contributed by atoms with E-state index in [1.54, 1.807) is 0 Å². The van der Waals surface area contributed by atoms with Crippen molar-refractivity contribution in [1.82, 2.24) is 10.2 Å². The van der Waals surface area contributed by atoms with Crippen molar-refractivity contribution >= 4 is 33.1 Å². The summed E-state index contributed by atoms with van der Waals surface area (Å²) in [7, 11) is 0. The Bertz CT molecular complexity index is 832. The summed E-state index contributed by atoms with van der Waals surface area (Å²) < 4.78 is 1.31. The lowest BCUT2D eigenvalue weighted by molar-refractivity contribution is 0.144. The zero-order chi connectivity index (χ0) is 21.3. The van der Waals surface area contributed by atoms with Crippen molar-refractivity contribution < 1.29 is 4.79 Å². The van der Waals surface area contributed by atoms with Crippen molar-refractivity contribution in [3.8, 4) is 0 Å². The third-order valence-electron chi connectivity index (χ3n) is 6.29. The van der Waals surface area contributed by atoms with Crippen molar-refractivity contribution in [1.29, 1.82) is 0 Å². The molecule has 0 bridgehead atoms. The minimum absolute atomic E-state index is 0.130. The monoisotopic (exact) mass is 427 g/mol. The van der Waals surface area contributed by atoms with E-state index < -0.39 is 0 Å². The summed E-state index contributed by atoms with van der Waals surface area (Å²) >= 11 is 1.82. The van der Waals surface area contributed by atoms with Gasteiger partial charge in [0.1, 0.15) is 0 Å². The molecule has 0 spiro atoms. The fraction of sp³-hybridized carbons (Fsp3) is 0.560. The Kier molecular flexibility index (Phi) is 8.76. The number of carbonyl (C=O) groups excluding carboxylic acids is 1. The first kappa shape index (κ1) is 22.8. The van der Waals surface area contributed by atoms with E-state index in [1.807, 2.05) is 17.4 Å². The lowest BCUT2D eigenvalue weighted by Gasteiger charge is -2.37. The molecule has 0 unspecified atom stereocenters. The normalized spacial score (nSPS) is 16.0. The number of urea groups is 1. The molecule has 0 aliphatic carbocycles. The Labute approximate surface area is 185 Å². The number of hydrogen-bond acceptors (Lipinski definition) is 3. The third kappa shape index (κ3) is 5.86. The van der Waals surface area contributed by atoms with Crippen molar-refractivity contribution in [2.75, 3.05) is 25.0 Å². The van der Waals surface area contributed by atoms with Crippen LogP contribution in [0.1, 0.15) is 70.8 Å². The van der Waals surface area contributed by atoms with Gasteiger partial charge in [0.05, 0.1) is 0 Å². The molecule has 2 amide bonds. The third-order valence-corrected chi connectivity index (χ3v) is 7.27. The first-order valence-corrected chi connectivity index (χ1v) is 12.5. The molecule has 1 saturated heterocycles. The topological polar surface area (TPSA) is 44.4 Å². The maximum atomic E-state index is 12.2. The van der Waals surface area contributed by atoms with Gasteiger partial charge in [-0.05, 0) is 92.1 Å². The van der Waals surface area contributed by atoms with Crippen LogP contribution < -0.4 is 10.6 Å². The molecular formula is C25H37N3OS. The van der Waals surface area contributed by atoms with Crippen LogP contribution in [-0.4, -0.2) is 36.6 Å². The van der Waals surface area contributed by atoms with E-state index in [2.05, 4.69) is 66.0 Å². The highest BCUT2D eigenvalue weighted by Crippen LogP contribution is 2.38. The van der Waals surface area contributed by atoms with Crippen LogP contribution in [0.2, 0.25) is 0 Å². The van der Waals surface area contributed by atoms with Gasteiger partial charge in [-0.3, -0.25) is 0 Å². The summed E-state index contributed by atoms with van der Waals surface area (Å²) in [5, 5.41) is 9.59. The summed E-state index contributed by atoms with van der Waals surface area (Å²) in [5.41, 5.74) is 2.34. The average Bonchev–Trinajstić information content (AvgIpc) is 3.18. The van der Waals surface area contributed by atoms with E-state index >= 15 is 0 Å². The predicted molar refractivity (Wildman–Crippen MR) is 131 cm³/mol. The Morgan fingerprint density at radius 1 is 1.20 bits per heavy atom. The maximum absolute atomic E-state index is 12.2. The fourth-order valence-electron chi connectivity index (χ4n) is 4.55. The van der Waals surface area contributed by atoms with E-state index in [1.165, 1.54) is 54.4 Å². The highest BCUT2D eigenvalue weighted by Gasteiger charge is 2.25. The quantitative estimate of drug-likeness (QED) is 0.343. The summed E-state index contributed by atoms with van der Waals surface area (Å²) in [4.78, 5) is 14.9. The summed E-state index contributed by atoms with van der Waals surface area (Å²) in [6.45, 7) is 9.77. The minimum atomic E-state index is -0.130. The molecule has 0 saturated carbocycles. The van der Waals surface area contributed by atoms with Gasteiger partial charge >= 0.3 is 6.03 Å². The van der Waals surface area contributed by atoms with Gasteiger partial charge in [0.15, 0.2) is 0 Å². The molecule has 30 heavy (non-hydrogen) atoms. The van der Waals surface area contributed by atoms with E-state index in [0.717, 1.165) is 24.6 Å². The Morgan fingerprint density at radius 3 is 2.67 bits per heavy atom. The van der Waals surface area contributed by atoms with Gasteiger partial charge in [0.25, 0.3) is 0 Å². The molecule has 1 aromatic carbocycles. The second kappa shape index (κ2) is 11.5. The molecule has 2 N–H and O–H groups in total. The van der Waals surface area contributed by atoms with Crippen LogP contribution in [-0.2, 0) is 0 Å². The lowest BCUT2D eigenvalue weighted by Crippen LogP contribution is -2.40. The standard InChI is InChI=1S/C25H37N3OS/c1-4-7-8-9-14-26-25(29)27-20-10-11-24-22(17-20)23(18-30-24)19-12-15-28(16-13-19)21(5-2)6-3/h7-8,10-11,17-19,21H,4-6,9,12-16H2,1-3H3,(H2,26,27,29). The Balaban J connectivity index is 1.61. The van der Waals surface area contributed by atoms with Crippen LogP contribution in [0.5, 0.6) is 0 Å². The largest absolute Gasteiger partial charge is 0.338 e. The molecule has 1 fully saturated rings. The average molecular weight is 428 g/mol. The minimum Gasteiger partial charge on any atom is -0.338 e. The number of nitrogens with one attached hydrogen (secondary N) is 2. The van der Waals surface area contributed by atoms with Gasteiger partial charge in [0, 0.05) is 23.0 Å². The highest BCUT2D eigenvalue weighted by atomic mass is 32.1. The van der Waals surface area contributed by atoms with Gasteiger partial charge in [-0.1, -0.05) is 32.9 Å². The predicted octanol–water partition coefficient (Wildman–Crippen LogP) is 6.75. The molecule has 0 radical (unpaired) electrons. The molecule has 1 aliphatic rings. The second-order valence-electron chi connectivity index (χ2n) is 8.23. The van der Waals surface area contributed by atoms with Gasteiger partial charge in [0.2, 0.25) is 0 Å². The fourth-order valence-corrected chi connectivity index (χ4v) is 5.58. The van der Waals surface area contributed by atoms with Gasteiger partial charge in [-0.25, -0.2) is 4.79 Å². The molecule has 2 heterocycles. The molecule has 4 nitrogen and oxygen atoms in total. The second-order valence-corrected chi connectivity index (χ2v) is 9.14. The van der Waals surface area contributed by atoms with Gasteiger partial charge in [-0.15, -0.1) is 11.3 Å². The van der Waals surface area contributed by atoms with E-state index in [9.17, 15) is 4.79 Å². The van der Waals surface area contributed by atoms with Crippen molar-refractivity contribution in [2.45, 2.75) is 71.3 Å². The van der Waals surface area contributed by atoms with Crippen LogP contribution >= 0.6 is 11.3 Å². The van der Waals surface area contributed by atoms with Crippen molar-refractivity contribution in [2.24, 2.45) is 0 Å². The first-order chi connectivity index (χ1) is 14.7. The Hall–Kier alpha value is -1.85. The van der Waals surface area contributed by atoms with Crippen LogP contribution in [0.3, 0.4) is 0 Å². The maximum Gasteiger partial charge on any atom is 0.319 e. The number of piperidine rings is 1. The number of benzene rings is 1. The number of rotatable bonds is 9. The molecule has 0 atom stereocenters. The zero-order valence-electron chi connectivity index (χ0n) is 18.7. The molecule has 5 heteroatoms. The van der Waals surface area contributed by atoms with Crippen molar-refractivity contribution in [3.05, 3.63) is 41.3 Å². The van der Waals surface area contributed by atoms with E-state index in [4.69, 9.17) is 0 Å². The number of carbonyl (C=O) groups is 1. The van der Waals surface area contributed by atoms with E-state index in [0.29, 0.717) is 12.5 Å². The van der Waals surface area contributed by atoms with Crippen LogP contribution in [0.15, 0.2) is 35.7 Å². The van der Waals surface area contributed by atoms with Crippen LogP contribution in [0, 0.1) is 0 Å². The van der Waals surface area contributed by atoms with E-state index in [-0.39, 0.29) is 6.03 Å².